The summed E-state index contributed by atoms with van der Waals surface area (Å²) < 4.78 is 64.8. The molecule has 0 aliphatic carbocycles. The van der Waals surface area contributed by atoms with E-state index >= 15 is 0 Å². The second-order valence-electron chi connectivity index (χ2n) is 5.59. The minimum absolute atomic E-state index is 0.114. The molecule has 24 heavy (non-hydrogen) atoms. The van der Waals surface area contributed by atoms with E-state index in [1.54, 1.807) is 0 Å². The molecule has 134 valence electrons. The first-order valence-electron chi connectivity index (χ1n) is 7.64. The molecule has 1 amide bonds. The van der Waals surface area contributed by atoms with Crippen molar-refractivity contribution in [3.63, 3.8) is 0 Å². The van der Waals surface area contributed by atoms with Crippen molar-refractivity contribution >= 4 is 15.9 Å². The van der Waals surface area contributed by atoms with Crippen molar-refractivity contribution in [3.8, 4) is 0 Å². The molecule has 1 atom stereocenters. The van der Waals surface area contributed by atoms with E-state index < -0.39 is 38.6 Å². The first-order valence-corrected chi connectivity index (χ1v) is 9.08. The molecule has 1 fully saturated rings. The molecule has 1 aliphatic heterocycles. The normalized spacial score (nSPS) is 19.4. The van der Waals surface area contributed by atoms with Gasteiger partial charge in [-0.25, -0.2) is 8.42 Å². The molecule has 1 heterocycles. The van der Waals surface area contributed by atoms with E-state index in [0.29, 0.717) is 31.9 Å². The Bertz CT molecular complexity index is 704. The Balaban J connectivity index is 2.31. The van der Waals surface area contributed by atoms with Gasteiger partial charge in [0.2, 0.25) is 15.9 Å². The lowest BCUT2D eigenvalue weighted by Crippen LogP contribution is -2.46. The molecule has 0 saturated carbocycles. The van der Waals surface area contributed by atoms with Gasteiger partial charge in [0.25, 0.3) is 0 Å². The molecule has 5 nitrogen and oxygen atoms in total. The third kappa shape index (κ3) is 3.89. The first kappa shape index (κ1) is 18.7. The zero-order valence-electron chi connectivity index (χ0n) is 13.1. The Morgan fingerprint density at radius 1 is 1.38 bits per heavy atom. The molecule has 0 radical (unpaired) electrons. The van der Waals surface area contributed by atoms with Crippen molar-refractivity contribution in [1.82, 2.24) is 9.62 Å². The van der Waals surface area contributed by atoms with E-state index in [1.165, 1.54) is 0 Å². The highest BCUT2D eigenvalue weighted by atomic mass is 32.2. The van der Waals surface area contributed by atoms with Crippen molar-refractivity contribution in [1.29, 1.82) is 0 Å². The number of hydrogen-bond acceptors (Lipinski definition) is 3. The lowest BCUT2D eigenvalue weighted by atomic mass is 10.2. The van der Waals surface area contributed by atoms with E-state index in [-0.39, 0.29) is 6.54 Å². The van der Waals surface area contributed by atoms with Crippen molar-refractivity contribution in [2.24, 2.45) is 0 Å². The Morgan fingerprint density at radius 2 is 2.08 bits per heavy atom. The number of rotatable bonds is 5. The van der Waals surface area contributed by atoms with Crippen LogP contribution >= 0.6 is 0 Å². The van der Waals surface area contributed by atoms with Gasteiger partial charge in [0.1, 0.15) is 6.04 Å². The van der Waals surface area contributed by atoms with Crippen molar-refractivity contribution in [2.75, 3.05) is 13.1 Å². The number of alkyl halides is 3. The second kappa shape index (κ2) is 7.10. The van der Waals surface area contributed by atoms with E-state index in [2.05, 4.69) is 5.32 Å². The van der Waals surface area contributed by atoms with Gasteiger partial charge in [-0.2, -0.15) is 17.5 Å². The van der Waals surface area contributed by atoms with Crippen LogP contribution in [0.25, 0.3) is 0 Å². The molecule has 0 aromatic heterocycles. The topological polar surface area (TPSA) is 66.5 Å². The van der Waals surface area contributed by atoms with Crippen LogP contribution in [-0.2, 0) is 21.0 Å². The fourth-order valence-electron chi connectivity index (χ4n) is 2.62. The summed E-state index contributed by atoms with van der Waals surface area (Å²) in [5.41, 5.74) is -1.03. The number of carbonyl (C=O) groups is 1. The summed E-state index contributed by atoms with van der Waals surface area (Å²) in [6.45, 7) is 2.40. The summed E-state index contributed by atoms with van der Waals surface area (Å²) in [5, 5.41) is 2.64. The molecule has 2 rings (SSSR count). The number of sulfonamides is 1. The molecule has 1 aromatic carbocycles. The maximum atomic E-state index is 12.8. The lowest BCUT2D eigenvalue weighted by Gasteiger charge is -2.23. The average Bonchev–Trinajstić information content (AvgIpc) is 3.02. The van der Waals surface area contributed by atoms with Gasteiger partial charge in [-0.3, -0.25) is 4.79 Å². The molecule has 1 unspecified atom stereocenters. The molecule has 0 spiro atoms. The van der Waals surface area contributed by atoms with Crippen LogP contribution in [0.3, 0.4) is 0 Å². The summed E-state index contributed by atoms with van der Waals surface area (Å²) in [6.07, 6.45) is -3.08. The van der Waals surface area contributed by atoms with Crippen LogP contribution < -0.4 is 5.32 Å². The van der Waals surface area contributed by atoms with E-state index in [1.807, 2.05) is 6.92 Å². The van der Waals surface area contributed by atoms with Gasteiger partial charge in [-0.15, -0.1) is 0 Å². The molecule has 1 saturated heterocycles. The van der Waals surface area contributed by atoms with Gasteiger partial charge < -0.3 is 5.32 Å². The third-order valence-electron chi connectivity index (χ3n) is 3.82. The summed E-state index contributed by atoms with van der Waals surface area (Å²) in [6, 6.07) is 2.71. The minimum atomic E-state index is -4.63. The smallest absolute Gasteiger partial charge is 0.355 e. The minimum Gasteiger partial charge on any atom is -0.355 e. The van der Waals surface area contributed by atoms with Crippen LogP contribution in [0, 0.1) is 0 Å². The van der Waals surface area contributed by atoms with Crippen molar-refractivity contribution in [2.45, 2.75) is 43.3 Å². The number of nitrogens with one attached hydrogen (secondary N) is 1. The van der Waals surface area contributed by atoms with E-state index in [4.69, 9.17) is 0 Å². The fourth-order valence-corrected chi connectivity index (χ4v) is 4.33. The second-order valence-corrected chi connectivity index (χ2v) is 7.48. The third-order valence-corrected chi connectivity index (χ3v) is 5.73. The lowest BCUT2D eigenvalue weighted by molar-refractivity contribution is -0.137. The van der Waals surface area contributed by atoms with Crippen LogP contribution in [-0.4, -0.2) is 37.8 Å². The van der Waals surface area contributed by atoms with Gasteiger partial charge in [-0.05, 0) is 37.5 Å². The number of benzene rings is 1. The first-order chi connectivity index (χ1) is 11.2. The predicted octanol–water partition coefficient (Wildman–Crippen LogP) is 2.38. The highest BCUT2D eigenvalue weighted by molar-refractivity contribution is 7.89. The number of halogens is 3. The van der Waals surface area contributed by atoms with Crippen molar-refractivity contribution in [3.05, 3.63) is 29.8 Å². The summed E-state index contributed by atoms with van der Waals surface area (Å²) >= 11 is 0. The summed E-state index contributed by atoms with van der Waals surface area (Å²) in [4.78, 5) is 11.7. The number of hydrogen-bond donors (Lipinski definition) is 1. The molecule has 1 aliphatic rings. The fraction of sp³-hybridized carbons (Fsp3) is 0.533. The van der Waals surface area contributed by atoms with Crippen molar-refractivity contribution < 1.29 is 26.4 Å². The maximum absolute atomic E-state index is 12.8. The van der Waals surface area contributed by atoms with Crippen LogP contribution in [0.2, 0.25) is 0 Å². The monoisotopic (exact) mass is 364 g/mol. The zero-order chi connectivity index (χ0) is 18.0. The average molecular weight is 364 g/mol. The molecule has 1 N–H and O–H groups in total. The van der Waals surface area contributed by atoms with E-state index in [9.17, 15) is 26.4 Å². The van der Waals surface area contributed by atoms with Gasteiger partial charge >= 0.3 is 6.18 Å². The Hall–Kier alpha value is -1.61. The molecule has 9 heteroatoms. The van der Waals surface area contributed by atoms with Crippen LogP contribution in [0.15, 0.2) is 29.2 Å². The van der Waals surface area contributed by atoms with Crippen LogP contribution in [0.1, 0.15) is 31.7 Å². The van der Waals surface area contributed by atoms with E-state index in [0.717, 1.165) is 22.5 Å². The zero-order valence-corrected chi connectivity index (χ0v) is 14.0. The molecule has 0 bridgehead atoms. The van der Waals surface area contributed by atoms with Crippen LogP contribution in [0.5, 0.6) is 0 Å². The maximum Gasteiger partial charge on any atom is 0.416 e. The Morgan fingerprint density at radius 3 is 2.71 bits per heavy atom. The Labute approximate surface area is 138 Å². The highest BCUT2D eigenvalue weighted by Crippen LogP contribution is 2.32. The standard InChI is InChI=1S/C15H19F3N2O3S/c1-2-8-19-14(21)13-7-4-9-20(13)24(22,23)12-6-3-5-11(10-12)15(16,17)18/h3,5-6,10,13H,2,4,7-9H2,1H3,(H,19,21). The van der Waals surface area contributed by atoms with Gasteiger partial charge in [0.15, 0.2) is 0 Å². The van der Waals surface area contributed by atoms with Gasteiger partial charge in [0.05, 0.1) is 10.5 Å². The SMILES string of the molecule is CCCNC(=O)C1CCCN1S(=O)(=O)c1cccc(C(F)(F)F)c1. The molecular formula is C15H19F3N2O3S. The van der Waals surface area contributed by atoms with Gasteiger partial charge in [-0.1, -0.05) is 13.0 Å². The van der Waals surface area contributed by atoms with Gasteiger partial charge in [0, 0.05) is 13.1 Å². The summed E-state index contributed by atoms with van der Waals surface area (Å²) in [5.74, 6) is -0.412. The Kier molecular flexibility index (Phi) is 5.54. The van der Waals surface area contributed by atoms with Crippen LogP contribution in [0.4, 0.5) is 13.2 Å². The molecular weight excluding hydrogens is 345 g/mol. The molecule has 1 aromatic rings. The number of carbonyl (C=O) groups excluding carboxylic acids is 1. The number of nitrogens with zero attached hydrogens (tertiary/aromatic N) is 1. The number of amides is 1. The largest absolute Gasteiger partial charge is 0.416 e. The highest BCUT2D eigenvalue weighted by Gasteiger charge is 2.40. The predicted molar refractivity (Wildman–Crippen MR) is 81.7 cm³/mol. The quantitative estimate of drug-likeness (QED) is 0.872. The summed E-state index contributed by atoms with van der Waals surface area (Å²) in [7, 11) is -4.17.